The first-order valence-corrected chi connectivity index (χ1v) is 5.00. The summed E-state index contributed by atoms with van der Waals surface area (Å²) in [4.78, 5) is 11.1. The van der Waals surface area contributed by atoms with E-state index >= 15 is 0 Å². The molecule has 0 amide bonds. The number of carbonyl (C=O) groups is 1. The van der Waals surface area contributed by atoms with Crippen LogP contribution in [0.2, 0.25) is 0 Å². The first kappa shape index (κ1) is 8.79. The molecule has 13 heavy (non-hydrogen) atoms. The van der Waals surface area contributed by atoms with Crippen molar-refractivity contribution in [3.05, 3.63) is 12.7 Å². The quantitative estimate of drug-likeness (QED) is 0.663. The number of carboxylic acids is 1. The van der Waals surface area contributed by atoms with E-state index in [9.17, 15) is 4.79 Å². The molecule has 3 rings (SSSR count). The highest BCUT2D eigenvalue weighted by Crippen LogP contribution is 2.57. The van der Waals surface area contributed by atoms with Crippen LogP contribution in [0.4, 0.5) is 0 Å². The van der Waals surface area contributed by atoms with E-state index in [1.165, 1.54) is 0 Å². The lowest BCUT2D eigenvalue weighted by molar-refractivity contribution is -0.157. The van der Waals surface area contributed by atoms with Crippen molar-refractivity contribution in [2.75, 3.05) is 0 Å². The Morgan fingerprint density at radius 1 is 1.15 bits per heavy atom. The van der Waals surface area contributed by atoms with Gasteiger partial charge >= 0.3 is 5.97 Å². The fourth-order valence-corrected chi connectivity index (χ4v) is 2.84. The van der Waals surface area contributed by atoms with Crippen molar-refractivity contribution in [2.45, 2.75) is 38.5 Å². The van der Waals surface area contributed by atoms with E-state index in [2.05, 4.69) is 12.7 Å². The Labute approximate surface area is 78.6 Å². The van der Waals surface area contributed by atoms with Gasteiger partial charge in [0.2, 0.25) is 0 Å². The standard InChI is InChI=1S/C11H16O2/c1-2-10-3-6-11(7-4-10,8-5-10)9(12)13/h2H,1,3-8H2,(H,12,13). The molecule has 3 aliphatic rings. The summed E-state index contributed by atoms with van der Waals surface area (Å²) in [6.07, 6.45) is 7.71. The summed E-state index contributed by atoms with van der Waals surface area (Å²) in [7, 11) is 0. The Kier molecular flexibility index (Phi) is 1.76. The summed E-state index contributed by atoms with van der Waals surface area (Å²) in [6, 6.07) is 0. The third kappa shape index (κ3) is 1.11. The van der Waals surface area contributed by atoms with Crippen LogP contribution in [-0.2, 0) is 4.79 Å². The molecule has 72 valence electrons. The van der Waals surface area contributed by atoms with Crippen LogP contribution in [-0.4, -0.2) is 11.1 Å². The van der Waals surface area contributed by atoms with Gasteiger partial charge in [-0.2, -0.15) is 0 Å². The van der Waals surface area contributed by atoms with E-state index in [1.54, 1.807) is 0 Å². The number of fused-ring (bicyclic) bond motifs is 3. The minimum absolute atomic E-state index is 0.289. The molecule has 0 radical (unpaired) electrons. The lowest BCUT2D eigenvalue weighted by atomic mass is 9.54. The normalized spacial score (nSPS) is 43.1. The average molecular weight is 180 g/mol. The fraction of sp³-hybridized carbons (Fsp3) is 0.727. The van der Waals surface area contributed by atoms with Crippen LogP contribution in [0.1, 0.15) is 38.5 Å². The second-order valence-electron chi connectivity index (χ2n) is 4.65. The summed E-state index contributed by atoms with van der Waals surface area (Å²) >= 11 is 0. The average Bonchev–Trinajstić information content (AvgIpc) is 2.20. The zero-order valence-electron chi connectivity index (χ0n) is 7.88. The van der Waals surface area contributed by atoms with Gasteiger partial charge in [0.25, 0.3) is 0 Å². The highest BCUT2D eigenvalue weighted by Gasteiger charge is 2.51. The van der Waals surface area contributed by atoms with Gasteiger partial charge in [0.05, 0.1) is 5.41 Å². The molecular weight excluding hydrogens is 164 g/mol. The Hall–Kier alpha value is -0.790. The van der Waals surface area contributed by atoms with Crippen LogP contribution >= 0.6 is 0 Å². The van der Waals surface area contributed by atoms with Crippen molar-refractivity contribution in [3.63, 3.8) is 0 Å². The van der Waals surface area contributed by atoms with Gasteiger partial charge in [-0.05, 0) is 43.9 Å². The van der Waals surface area contributed by atoms with Gasteiger partial charge in [0.15, 0.2) is 0 Å². The number of allylic oxidation sites excluding steroid dienone is 1. The van der Waals surface area contributed by atoms with Gasteiger partial charge < -0.3 is 5.11 Å². The molecule has 1 N–H and O–H groups in total. The maximum Gasteiger partial charge on any atom is 0.309 e. The van der Waals surface area contributed by atoms with Crippen LogP contribution < -0.4 is 0 Å². The van der Waals surface area contributed by atoms with Crippen LogP contribution in [0.3, 0.4) is 0 Å². The predicted molar refractivity (Wildman–Crippen MR) is 50.4 cm³/mol. The molecule has 0 saturated heterocycles. The smallest absolute Gasteiger partial charge is 0.309 e. The SMILES string of the molecule is C=CC12CCC(C(=O)O)(CC1)CC2. The van der Waals surface area contributed by atoms with Crippen molar-refractivity contribution in [1.29, 1.82) is 0 Å². The van der Waals surface area contributed by atoms with E-state index in [4.69, 9.17) is 5.11 Å². The van der Waals surface area contributed by atoms with E-state index in [0.717, 1.165) is 38.5 Å². The third-order valence-electron chi connectivity index (χ3n) is 4.19. The molecule has 0 spiro atoms. The molecule has 0 aromatic rings. The predicted octanol–water partition coefficient (Wildman–Crippen LogP) is 2.60. The van der Waals surface area contributed by atoms with Gasteiger partial charge in [-0.3, -0.25) is 4.79 Å². The zero-order valence-corrected chi connectivity index (χ0v) is 7.88. The fourth-order valence-electron chi connectivity index (χ4n) is 2.84. The van der Waals surface area contributed by atoms with Gasteiger partial charge in [0, 0.05) is 0 Å². The molecule has 3 saturated carbocycles. The number of hydrogen-bond acceptors (Lipinski definition) is 1. The Bertz CT molecular complexity index is 230. The molecule has 0 atom stereocenters. The maximum absolute atomic E-state index is 11.1. The molecule has 0 aliphatic heterocycles. The first-order chi connectivity index (χ1) is 6.13. The molecule has 0 unspecified atom stereocenters. The lowest BCUT2D eigenvalue weighted by Crippen LogP contribution is -2.44. The third-order valence-corrected chi connectivity index (χ3v) is 4.19. The lowest BCUT2D eigenvalue weighted by Gasteiger charge is -2.50. The van der Waals surface area contributed by atoms with Gasteiger partial charge in [0.1, 0.15) is 0 Å². The van der Waals surface area contributed by atoms with E-state index in [0.29, 0.717) is 0 Å². The van der Waals surface area contributed by atoms with Gasteiger partial charge in [-0.25, -0.2) is 0 Å². The molecule has 0 aromatic heterocycles. The molecule has 3 fully saturated rings. The van der Waals surface area contributed by atoms with E-state index in [-0.39, 0.29) is 10.8 Å². The zero-order chi connectivity index (χ0) is 9.53. The minimum Gasteiger partial charge on any atom is -0.481 e. The van der Waals surface area contributed by atoms with Crippen molar-refractivity contribution in [3.8, 4) is 0 Å². The topological polar surface area (TPSA) is 37.3 Å². The molecule has 2 bridgehead atoms. The summed E-state index contributed by atoms with van der Waals surface area (Å²) in [5.41, 5.74) is -0.0814. The molecular formula is C11H16O2. The molecule has 2 nitrogen and oxygen atoms in total. The highest BCUT2D eigenvalue weighted by atomic mass is 16.4. The highest BCUT2D eigenvalue weighted by molar-refractivity contribution is 5.75. The van der Waals surface area contributed by atoms with E-state index in [1.807, 2.05) is 0 Å². The second-order valence-corrected chi connectivity index (χ2v) is 4.65. The Balaban J connectivity index is 2.20. The second kappa shape index (κ2) is 2.60. The van der Waals surface area contributed by atoms with Crippen molar-refractivity contribution < 1.29 is 9.90 Å². The van der Waals surface area contributed by atoms with Gasteiger partial charge in [-0.1, -0.05) is 6.08 Å². The van der Waals surface area contributed by atoms with Crippen LogP contribution in [0, 0.1) is 10.8 Å². The van der Waals surface area contributed by atoms with E-state index < -0.39 is 5.97 Å². The summed E-state index contributed by atoms with van der Waals surface area (Å²) in [6.45, 7) is 3.87. The number of hydrogen-bond donors (Lipinski definition) is 1. The summed E-state index contributed by atoms with van der Waals surface area (Å²) in [5.74, 6) is -0.579. The Morgan fingerprint density at radius 3 is 1.92 bits per heavy atom. The van der Waals surface area contributed by atoms with Crippen molar-refractivity contribution >= 4 is 5.97 Å². The Morgan fingerprint density at radius 2 is 1.62 bits per heavy atom. The summed E-state index contributed by atoms with van der Waals surface area (Å²) in [5, 5.41) is 9.14. The molecule has 0 heterocycles. The monoisotopic (exact) mass is 180 g/mol. The number of aliphatic carboxylic acids is 1. The number of rotatable bonds is 2. The molecule has 3 aliphatic carbocycles. The van der Waals surface area contributed by atoms with Crippen LogP contribution in [0.25, 0.3) is 0 Å². The largest absolute Gasteiger partial charge is 0.481 e. The first-order valence-electron chi connectivity index (χ1n) is 5.00. The molecule has 2 heteroatoms. The molecule has 0 aromatic carbocycles. The summed E-state index contributed by atoms with van der Waals surface area (Å²) < 4.78 is 0. The van der Waals surface area contributed by atoms with Crippen molar-refractivity contribution in [1.82, 2.24) is 0 Å². The van der Waals surface area contributed by atoms with Crippen molar-refractivity contribution in [2.24, 2.45) is 10.8 Å². The minimum atomic E-state index is -0.579. The maximum atomic E-state index is 11.1. The number of carboxylic acid groups (broad SMARTS) is 1. The van der Waals surface area contributed by atoms with Crippen LogP contribution in [0.5, 0.6) is 0 Å². The van der Waals surface area contributed by atoms with Gasteiger partial charge in [-0.15, -0.1) is 6.58 Å². The van der Waals surface area contributed by atoms with Crippen LogP contribution in [0.15, 0.2) is 12.7 Å².